The summed E-state index contributed by atoms with van der Waals surface area (Å²) in [6.45, 7) is 3.54. The van der Waals surface area contributed by atoms with Crippen LogP contribution < -0.4 is 0 Å². The second-order valence-electron chi connectivity index (χ2n) is 4.30. The van der Waals surface area contributed by atoms with Gasteiger partial charge in [0.05, 0.1) is 6.07 Å². The molecule has 0 bridgehead atoms. The van der Waals surface area contributed by atoms with E-state index in [1.807, 2.05) is 30.3 Å². The number of nitriles is 1. The Hall–Kier alpha value is -2.34. The second kappa shape index (κ2) is 4.50. The smallest absolute Gasteiger partial charge is 0.251 e. The highest BCUT2D eigenvalue weighted by molar-refractivity contribution is 5.90. The molecule has 3 heteroatoms. The largest absolute Gasteiger partial charge is 0.292 e. The highest BCUT2D eigenvalue weighted by Crippen LogP contribution is 2.35. The topological polar surface area (TPSA) is 44.1 Å². The molecule has 1 aliphatic heterocycles. The molecule has 1 unspecified atom stereocenters. The number of allylic oxidation sites excluding steroid dienone is 1. The highest BCUT2D eigenvalue weighted by atomic mass is 16.2. The highest BCUT2D eigenvalue weighted by Gasteiger charge is 2.38. The minimum Gasteiger partial charge on any atom is -0.292 e. The average molecular weight is 238 g/mol. The van der Waals surface area contributed by atoms with Crippen LogP contribution in [0.5, 0.6) is 0 Å². The molecule has 0 saturated carbocycles. The summed E-state index contributed by atoms with van der Waals surface area (Å²) < 4.78 is 0. The van der Waals surface area contributed by atoms with Crippen molar-refractivity contribution in [3.8, 4) is 6.07 Å². The van der Waals surface area contributed by atoms with Gasteiger partial charge < -0.3 is 0 Å². The molecule has 90 valence electrons. The van der Waals surface area contributed by atoms with E-state index in [-0.39, 0.29) is 5.91 Å². The lowest BCUT2D eigenvalue weighted by Crippen LogP contribution is -2.44. The summed E-state index contributed by atoms with van der Waals surface area (Å²) >= 11 is 0. The number of rotatable bonds is 1. The first kappa shape index (κ1) is 12.1. The van der Waals surface area contributed by atoms with Crippen LogP contribution >= 0.6 is 0 Å². The molecule has 0 aliphatic carbocycles. The van der Waals surface area contributed by atoms with Crippen molar-refractivity contribution in [2.24, 2.45) is 0 Å². The summed E-state index contributed by atoms with van der Waals surface area (Å²) in [4.78, 5) is 13.5. The van der Waals surface area contributed by atoms with Gasteiger partial charge in [-0.25, -0.2) is 0 Å². The molecule has 1 aliphatic rings. The van der Waals surface area contributed by atoms with E-state index in [9.17, 15) is 10.1 Å². The molecule has 0 aromatic heterocycles. The Morgan fingerprint density at radius 1 is 1.44 bits per heavy atom. The molecule has 1 atom stereocenters. The second-order valence-corrected chi connectivity index (χ2v) is 4.30. The Balaban J connectivity index is 2.56. The van der Waals surface area contributed by atoms with Crippen LogP contribution in [0.15, 0.2) is 42.6 Å². The lowest BCUT2D eigenvalue weighted by molar-refractivity contribution is -0.126. The van der Waals surface area contributed by atoms with Crippen molar-refractivity contribution >= 4 is 12.0 Å². The number of fused-ring (bicyclic) bond motifs is 1. The molecule has 0 fully saturated rings. The lowest BCUT2D eigenvalue weighted by Gasteiger charge is -2.36. The van der Waals surface area contributed by atoms with Crippen molar-refractivity contribution in [2.45, 2.75) is 19.4 Å². The third kappa shape index (κ3) is 1.72. The quantitative estimate of drug-likeness (QED) is 0.706. The number of hydrogen-bond donors (Lipinski definition) is 0. The Bertz CT molecular complexity index is 580. The Morgan fingerprint density at radius 3 is 2.83 bits per heavy atom. The predicted octanol–water partition coefficient (Wildman–Crippen LogP) is 2.81. The van der Waals surface area contributed by atoms with Crippen LogP contribution in [-0.2, 0) is 10.3 Å². The molecule has 1 amide bonds. The van der Waals surface area contributed by atoms with E-state index in [4.69, 9.17) is 0 Å². The first-order valence-corrected chi connectivity index (χ1v) is 5.78. The van der Waals surface area contributed by atoms with Crippen molar-refractivity contribution < 1.29 is 4.79 Å². The van der Waals surface area contributed by atoms with Gasteiger partial charge in [-0.1, -0.05) is 30.3 Å². The molecule has 0 spiro atoms. The van der Waals surface area contributed by atoms with Gasteiger partial charge in [0.2, 0.25) is 0 Å². The van der Waals surface area contributed by atoms with Gasteiger partial charge in [-0.15, -0.1) is 0 Å². The van der Waals surface area contributed by atoms with Crippen LogP contribution in [0.25, 0.3) is 6.08 Å². The number of benzene rings is 1. The molecule has 18 heavy (non-hydrogen) atoms. The third-order valence-electron chi connectivity index (χ3n) is 3.13. The average Bonchev–Trinajstić information content (AvgIpc) is 2.39. The zero-order chi connectivity index (χ0) is 13.2. The van der Waals surface area contributed by atoms with Gasteiger partial charge in [0.1, 0.15) is 0 Å². The maximum atomic E-state index is 12.0. The fraction of sp³-hybridized carbons (Fsp3) is 0.200. The van der Waals surface area contributed by atoms with E-state index >= 15 is 0 Å². The first-order valence-electron chi connectivity index (χ1n) is 5.78. The van der Waals surface area contributed by atoms with E-state index in [1.165, 1.54) is 11.0 Å². The molecule has 1 aromatic carbocycles. The van der Waals surface area contributed by atoms with Gasteiger partial charge in [0.25, 0.3) is 5.91 Å². The van der Waals surface area contributed by atoms with E-state index in [0.29, 0.717) is 0 Å². The van der Waals surface area contributed by atoms with Gasteiger partial charge >= 0.3 is 0 Å². The maximum absolute atomic E-state index is 12.0. The van der Waals surface area contributed by atoms with Crippen molar-refractivity contribution in [1.29, 1.82) is 5.26 Å². The number of carbonyl (C=O) groups is 1. The van der Waals surface area contributed by atoms with Gasteiger partial charge in [-0.2, -0.15) is 5.26 Å². The van der Waals surface area contributed by atoms with Crippen LogP contribution in [0.1, 0.15) is 25.0 Å². The standard InChI is InChI=1S/C15H14N2O/c1-3-6-14(18)17-10-9-12-7-4-5-8-13(12)15(17,2)11-16/h3-10H,1-2H3/b6-3-. The summed E-state index contributed by atoms with van der Waals surface area (Å²) in [5, 5.41) is 9.48. The summed E-state index contributed by atoms with van der Waals surface area (Å²) in [5.41, 5.74) is 0.876. The maximum Gasteiger partial charge on any atom is 0.251 e. The number of nitrogens with zero attached hydrogens (tertiary/aromatic N) is 2. The van der Waals surface area contributed by atoms with Gasteiger partial charge in [-0.05, 0) is 37.1 Å². The van der Waals surface area contributed by atoms with Gasteiger partial charge in [0, 0.05) is 6.20 Å². The zero-order valence-corrected chi connectivity index (χ0v) is 10.4. The van der Waals surface area contributed by atoms with Crippen LogP contribution in [-0.4, -0.2) is 10.8 Å². The predicted molar refractivity (Wildman–Crippen MR) is 70.1 cm³/mol. The Kier molecular flexibility index (Phi) is 3.03. The van der Waals surface area contributed by atoms with E-state index in [1.54, 1.807) is 26.1 Å². The van der Waals surface area contributed by atoms with Gasteiger partial charge in [0.15, 0.2) is 5.54 Å². The van der Waals surface area contributed by atoms with E-state index in [2.05, 4.69) is 6.07 Å². The summed E-state index contributed by atoms with van der Waals surface area (Å²) in [6, 6.07) is 9.88. The fourth-order valence-corrected chi connectivity index (χ4v) is 2.15. The Labute approximate surface area is 107 Å². The molecule has 0 saturated heterocycles. The van der Waals surface area contributed by atoms with Crippen LogP contribution in [0.4, 0.5) is 0 Å². The van der Waals surface area contributed by atoms with Crippen molar-refractivity contribution in [1.82, 2.24) is 4.90 Å². The van der Waals surface area contributed by atoms with Crippen LogP contribution in [0, 0.1) is 11.3 Å². The van der Waals surface area contributed by atoms with Crippen LogP contribution in [0.2, 0.25) is 0 Å². The zero-order valence-electron chi connectivity index (χ0n) is 10.4. The third-order valence-corrected chi connectivity index (χ3v) is 3.13. The summed E-state index contributed by atoms with van der Waals surface area (Å²) in [5.74, 6) is -0.188. The fourth-order valence-electron chi connectivity index (χ4n) is 2.15. The van der Waals surface area contributed by atoms with E-state index in [0.717, 1.165) is 11.1 Å². The molecule has 1 aromatic rings. The molecule has 0 radical (unpaired) electrons. The molecule has 0 N–H and O–H groups in total. The minimum absolute atomic E-state index is 0.188. The molecular weight excluding hydrogens is 224 g/mol. The van der Waals surface area contributed by atoms with Crippen molar-refractivity contribution in [3.05, 3.63) is 53.7 Å². The number of carbonyl (C=O) groups excluding carboxylic acids is 1. The molecule has 3 nitrogen and oxygen atoms in total. The number of hydrogen-bond acceptors (Lipinski definition) is 2. The lowest BCUT2D eigenvalue weighted by atomic mass is 9.85. The first-order chi connectivity index (χ1) is 8.63. The minimum atomic E-state index is -0.956. The summed E-state index contributed by atoms with van der Waals surface area (Å²) in [7, 11) is 0. The monoisotopic (exact) mass is 238 g/mol. The SMILES string of the molecule is C/C=C\C(=O)N1C=Cc2ccccc2C1(C)C#N. The van der Waals surface area contributed by atoms with Crippen molar-refractivity contribution in [3.63, 3.8) is 0 Å². The molecule has 2 rings (SSSR count). The molecular formula is C15H14N2O. The summed E-state index contributed by atoms with van der Waals surface area (Å²) in [6.07, 6.45) is 6.67. The number of amides is 1. The Morgan fingerprint density at radius 2 is 2.17 bits per heavy atom. The van der Waals surface area contributed by atoms with Crippen LogP contribution in [0.3, 0.4) is 0 Å². The van der Waals surface area contributed by atoms with Gasteiger partial charge in [-0.3, -0.25) is 9.69 Å². The normalized spacial score (nSPS) is 21.7. The van der Waals surface area contributed by atoms with Crippen molar-refractivity contribution in [2.75, 3.05) is 0 Å². The van der Waals surface area contributed by atoms with E-state index < -0.39 is 5.54 Å². The molecule has 1 heterocycles.